The number of allylic oxidation sites excluding steroid dienone is 1. The van der Waals surface area contributed by atoms with Crippen LogP contribution in [0.5, 0.6) is 0 Å². The SMILES string of the molecule is C[C@]12CCC[C@@](C)(C(=O)O)[C@@H]1CC=C(CO)[C@H]2C=O. The maximum absolute atomic E-state index is 11.7. The summed E-state index contributed by atoms with van der Waals surface area (Å²) in [6.07, 6.45) is 5.73. The molecule has 106 valence electrons. The van der Waals surface area contributed by atoms with Gasteiger partial charge in [-0.05, 0) is 43.1 Å². The highest BCUT2D eigenvalue weighted by molar-refractivity contribution is 5.75. The highest BCUT2D eigenvalue weighted by Crippen LogP contribution is 2.59. The van der Waals surface area contributed by atoms with E-state index in [1.165, 1.54) is 0 Å². The van der Waals surface area contributed by atoms with Crippen LogP contribution >= 0.6 is 0 Å². The Hall–Kier alpha value is -1.16. The highest BCUT2D eigenvalue weighted by Gasteiger charge is 2.57. The molecule has 0 saturated heterocycles. The van der Waals surface area contributed by atoms with E-state index < -0.39 is 11.4 Å². The van der Waals surface area contributed by atoms with Crippen molar-refractivity contribution < 1.29 is 19.8 Å². The number of aliphatic hydroxyl groups is 1. The van der Waals surface area contributed by atoms with E-state index in [0.717, 1.165) is 24.7 Å². The third kappa shape index (κ3) is 1.93. The lowest BCUT2D eigenvalue weighted by molar-refractivity contribution is -0.163. The average molecular weight is 266 g/mol. The summed E-state index contributed by atoms with van der Waals surface area (Å²) in [6, 6.07) is 0. The molecule has 4 nitrogen and oxygen atoms in total. The fourth-order valence-corrected chi connectivity index (χ4v) is 4.30. The topological polar surface area (TPSA) is 74.6 Å². The minimum atomic E-state index is -0.772. The number of carboxylic acids is 1. The zero-order valence-corrected chi connectivity index (χ0v) is 11.6. The molecule has 2 aliphatic rings. The van der Waals surface area contributed by atoms with Gasteiger partial charge in [-0.2, -0.15) is 0 Å². The van der Waals surface area contributed by atoms with Crippen LogP contribution in [0.3, 0.4) is 0 Å². The van der Waals surface area contributed by atoms with Crippen LogP contribution in [-0.2, 0) is 9.59 Å². The molecule has 4 atom stereocenters. The van der Waals surface area contributed by atoms with Gasteiger partial charge in [0.15, 0.2) is 0 Å². The number of hydrogen-bond donors (Lipinski definition) is 2. The van der Waals surface area contributed by atoms with Crippen molar-refractivity contribution in [2.45, 2.75) is 39.5 Å². The summed E-state index contributed by atoms with van der Waals surface area (Å²) < 4.78 is 0. The zero-order chi connectivity index (χ0) is 14.3. The van der Waals surface area contributed by atoms with Crippen LogP contribution in [0.2, 0.25) is 0 Å². The molecule has 0 unspecified atom stereocenters. The summed E-state index contributed by atoms with van der Waals surface area (Å²) in [5.41, 5.74) is -0.366. The average Bonchev–Trinajstić information content (AvgIpc) is 2.36. The second kappa shape index (κ2) is 4.75. The standard InChI is InChI=1S/C15H22O4/c1-14-6-3-7-15(2,13(18)19)12(14)5-4-10(8-16)11(14)9-17/h4,9,11-12,16H,3,5-8H2,1-2H3,(H,18,19)/t11-,12-,14-,15-/m1/s1. The molecule has 1 saturated carbocycles. The molecule has 0 amide bonds. The molecule has 2 rings (SSSR count). The molecule has 0 bridgehead atoms. The maximum atomic E-state index is 11.7. The Morgan fingerprint density at radius 2 is 2.16 bits per heavy atom. The first-order chi connectivity index (χ1) is 8.90. The summed E-state index contributed by atoms with van der Waals surface area (Å²) in [6.45, 7) is 3.70. The van der Waals surface area contributed by atoms with Crippen LogP contribution < -0.4 is 0 Å². The molecule has 19 heavy (non-hydrogen) atoms. The number of aliphatic hydroxyl groups excluding tert-OH is 1. The monoisotopic (exact) mass is 266 g/mol. The number of rotatable bonds is 3. The first-order valence-electron chi connectivity index (χ1n) is 6.88. The second-order valence-corrected chi connectivity index (χ2v) is 6.42. The molecule has 0 heterocycles. The first-order valence-corrected chi connectivity index (χ1v) is 6.88. The number of hydrogen-bond acceptors (Lipinski definition) is 3. The number of fused-ring (bicyclic) bond motifs is 1. The molecule has 0 aromatic rings. The van der Waals surface area contributed by atoms with Gasteiger partial charge in [0.1, 0.15) is 6.29 Å². The van der Waals surface area contributed by atoms with Crippen LogP contribution in [0.15, 0.2) is 11.6 Å². The lowest BCUT2D eigenvalue weighted by Crippen LogP contribution is -2.53. The van der Waals surface area contributed by atoms with Gasteiger partial charge >= 0.3 is 5.97 Å². The van der Waals surface area contributed by atoms with Crippen molar-refractivity contribution >= 4 is 12.3 Å². The fourth-order valence-electron chi connectivity index (χ4n) is 4.30. The Kier molecular flexibility index (Phi) is 3.56. The van der Waals surface area contributed by atoms with Crippen molar-refractivity contribution in [3.05, 3.63) is 11.6 Å². The minimum Gasteiger partial charge on any atom is -0.481 e. The summed E-state index contributed by atoms with van der Waals surface area (Å²) in [7, 11) is 0. The molecule has 0 aliphatic heterocycles. The van der Waals surface area contributed by atoms with Crippen molar-refractivity contribution in [2.24, 2.45) is 22.7 Å². The van der Waals surface area contributed by atoms with Gasteiger partial charge in [0, 0.05) is 5.92 Å². The van der Waals surface area contributed by atoms with E-state index in [1.54, 1.807) is 6.92 Å². The predicted molar refractivity (Wildman–Crippen MR) is 70.5 cm³/mol. The van der Waals surface area contributed by atoms with Gasteiger partial charge in [-0.1, -0.05) is 19.4 Å². The first kappa shape index (κ1) is 14.3. The summed E-state index contributed by atoms with van der Waals surface area (Å²) >= 11 is 0. The van der Waals surface area contributed by atoms with Crippen molar-refractivity contribution in [1.29, 1.82) is 0 Å². The van der Waals surface area contributed by atoms with Crippen molar-refractivity contribution in [3.8, 4) is 0 Å². The summed E-state index contributed by atoms with van der Waals surface area (Å²) in [4.78, 5) is 23.1. The third-order valence-corrected chi connectivity index (χ3v) is 5.51. The Morgan fingerprint density at radius 3 is 2.68 bits per heavy atom. The lowest BCUT2D eigenvalue weighted by atomic mass is 9.48. The normalized spacial score (nSPS) is 42.2. The largest absolute Gasteiger partial charge is 0.481 e. The third-order valence-electron chi connectivity index (χ3n) is 5.51. The van der Waals surface area contributed by atoms with E-state index in [-0.39, 0.29) is 23.9 Å². The van der Waals surface area contributed by atoms with E-state index in [4.69, 9.17) is 0 Å². The Balaban J connectivity index is 2.48. The Labute approximate surface area is 113 Å². The van der Waals surface area contributed by atoms with Crippen LogP contribution in [0.25, 0.3) is 0 Å². The van der Waals surface area contributed by atoms with Gasteiger partial charge in [0.25, 0.3) is 0 Å². The number of carbonyl (C=O) groups is 2. The Morgan fingerprint density at radius 1 is 1.47 bits per heavy atom. The van der Waals surface area contributed by atoms with Gasteiger partial charge in [-0.3, -0.25) is 4.79 Å². The quantitative estimate of drug-likeness (QED) is 0.605. The molecule has 0 spiro atoms. The van der Waals surface area contributed by atoms with E-state index in [2.05, 4.69) is 0 Å². The van der Waals surface area contributed by atoms with Crippen LogP contribution in [0.4, 0.5) is 0 Å². The van der Waals surface area contributed by atoms with E-state index in [1.807, 2.05) is 13.0 Å². The number of aliphatic carboxylic acids is 1. The molecule has 1 fully saturated rings. The predicted octanol–water partition coefficient (Wildman–Crippen LogP) is 2.02. The van der Waals surface area contributed by atoms with Crippen molar-refractivity contribution in [1.82, 2.24) is 0 Å². The van der Waals surface area contributed by atoms with Gasteiger partial charge < -0.3 is 15.0 Å². The molecule has 0 aromatic heterocycles. The minimum absolute atomic E-state index is 0.0447. The van der Waals surface area contributed by atoms with Gasteiger partial charge in [-0.15, -0.1) is 0 Å². The van der Waals surface area contributed by atoms with E-state index >= 15 is 0 Å². The van der Waals surface area contributed by atoms with Crippen LogP contribution in [0, 0.1) is 22.7 Å². The molecular weight excluding hydrogens is 244 g/mol. The van der Waals surface area contributed by atoms with E-state index in [0.29, 0.717) is 12.8 Å². The maximum Gasteiger partial charge on any atom is 0.309 e. The fraction of sp³-hybridized carbons (Fsp3) is 0.733. The van der Waals surface area contributed by atoms with Crippen molar-refractivity contribution in [2.75, 3.05) is 6.61 Å². The van der Waals surface area contributed by atoms with Crippen LogP contribution in [-0.4, -0.2) is 29.1 Å². The summed E-state index contributed by atoms with van der Waals surface area (Å²) in [5.74, 6) is -1.17. The molecular formula is C15H22O4. The molecule has 4 heteroatoms. The molecule has 0 radical (unpaired) electrons. The van der Waals surface area contributed by atoms with Gasteiger partial charge in [0.2, 0.25) is 0 Å². The molecule has 2 aliphatic carbocycles. The van der Waals surface area contributed by atoms with Gasteiger partial charge in [0.05, 0.1) is 12.0 Å². The molecule has 2 N–H and O–H groups in total. The van der Waals surface area contributed by atoms with Crippen molar-refractivity contribution in [3.63, 3.8) is 0 Å². The number of aldehydes is 1. The smallest absolute Gasteiger partial charge is 0.309 e. The lowest BCUT2D eigenvalue weighted by Gasteiger charge is -2.54. The molecule has 0 aromatic carbocycles. The summed E-state index contributed by atoms with van der Waals surface area (Å²) in [5, 5.41) is 19.0. The zero-order valence-electron chi connectivity index (χ0n) is 11.6. The van der Waals surface area contributed by atoms with Crippen LogP contribution in [0.1, 0.15) is 39.5 Å². The van der Waals surface area contributed by atoms with Gasteiger partial charge in [-0.25, -0.2) is 0 Å². The van der Waals surface area contributed by atoms with E-state index in [9.17, 15) is 19.8 Å². The second-order valence-electron chi connectivity index (χ2n) is 6.42. The number of carbonyl (C=O) groups excluding carboxylic acids is 1. The number of carboxylic acid groups (broad SMARTS) is 1. The Bertz CT molecular complexity index is 428. The highest BCUT2D eigenvalue weighted by atomic mass is 16.4.